The van der Waals surface area contributed by atoms with E-state index in [1.54, 1.807) is 0 Å². The molecule has 0 aromatic rings. The molecule has 0 saturated carbocycles. The van der Waals surface area contributed by atoms with Crippen molar-refractivity contribution in [3.63, 3.8) is 0 Å². The van der Waals surface area contributed by atoms with Crippen molar-refractivity contribution >= 4 is 18.9 Å². The van der Waals surface area contributed by atoms with Crippen LogP contribution < -0.4 is 0 Å². The second-order valence-corrected chi connectivity index (χ2v) is 0. The first-order valence-corrected chi connectivity index (χ1v) is 0. The first-order valence-electron chi connectivity index (χ1n) is 0. The van der Waals surface area contributed by atoms with Crippen LogP contribution in [0, 0.1) is 35.6 Å². The largest absolute Gasteiger partial charge is 0.412 e. The summed E-state index contributed by atoms with van der Waals surface area (Å²) in [6.07, 6.45) is 0. The van der Waals surface area contributed by atoms with Gasteiger partial charge in [0.15, 0.2) is 0 Å². The van der Waals surface area contributed by atoms with Gasteiger partial charge in [-0.15, -0.1) is 0 Å². The Balaban J connectivity index is 0. The van der Waals surface area contributed by atoms with Crippen LogP contribution in [0.2, 0.25) is 0 Å². The Morgan fingerprint density at radius 3 is 1.00 bits per heavy atom. The minimum absolute atomic E-state index is 0. The summed E-state index contributed by atoms with van der Waals surface area (Å²) in [7, 11) is 0. The van der Waals surface area contributed by atoms with E-state index in [-0.39, 0.29) is 109 Å². The normalized spacial score (nSPS) is 0. The number of hydrogen-bond donors (Lipinski definition) is 0. The van der Waals surface area contributed by atoms with E-state index in [9.17, 15) is 0 Å². The Hall–Kier alpha value is 3.38. The average molecular weight is 436 g/mol. The zero-order chi connectivity index (χ0) is 0. The molecule has 0 unspecified atom stereocenters. The molecule has 21 valence electrons. The van der Waals surface area contributed by atoms with Gasteiger partial charge >= 0.3 is 0 Å². The molecule has 2 N–H and O–H groups in total. The second-order valence-electron chi connectivity index (χ2n) is 0. The molecular weight excluding hydrogens is 434 g/mol. The zero-order valence-electron chi connectivity index (χ0n) is 3.02. The van der Waals surface area contributed by atoms with E-state index < -0.39 is 0 Å². The van der Waals surface area contributed by atoms with Gasteiger partial charge in [-0.25, -0.2) is 0 Å². The van der Waals surface area contributed by atoms with Crippen LogP contribution in [0.1, 0.15) is 0 Å². The molecule has 0 heterocycles. The third-order valence-corrected chi connectivity index (χ3v) is 0. The monoisotopic (exact) mass is 435 g/mol. The predicted molar refractivity (Wildman–Crippen MR) is 9.37 cm³/mol. The molecule has 0 aromatic heterocycles. The van der Waals surface area contributed by atoms with Crippen molar-refractivity contribution < 1.29 is 89.7 Å². The summed E-state index contributed by atoms with van der Waals surface area (Å²) >= 11 is 0. The summed E-state index contributed by atoms with van der Waals surface area (Å²) in [6.45, 7) is 0. The Bertz CT molecular complexity index is 11.6. The molecule has 1 nitrogen and oxygen atoms in total. The fraction of sp³-hybridized carbons (Fsp3) is 0. The smallest absolute Gasteiger partial charge is 0 e. The van der Waals surface area contributed by atoms with Crippen molar-refractivity contribution in [3.8, 4) is 0 Å². The maximum atomic E-state index is 0. The van der Waals surface area contributed by atoms with E-state index in [2.05, 4.69) is 0 Å². The van der Waals surface area contributed by atoms with Crippen LogP contribution in [0.5, 0.6) is 0 Å². The standard InChI is InChI=1S/La.Li.H2O.Ta.Zr/h;;1H2;;. The Labute approximate surface area is 106 Å². The first-order chi connectivity index (χ1) is 0. The van der Waals surface area contributed by atoms with Gasteiger partial charge in [-0.1, -0.05) is 0 Å². The summed E-state index contributed by atoms with van der Waals surface area (Å²) in [5.41, 5.74) is 0. The van der Waals surface area contributed by atoms with Gasteiger partial charge in [0.1, 0.15) is 0 Å². The van der Waals surface area contributed by atoms with Crippen LogP contribution in [-0.4, -0.2) is 24.3 Å². The second kappa shape index (κ2) is 26.3. The van der Waals surface area contributed by atoms with Gasteiger partial charge in [0, 0.05) is 103 Å². The molecule has 3 radical (unpaired) electrons. The predicted octanol–water partition coefficient (Wildman–Crippen LogP) is -1.21. The summed E-state index contributed by atoms with van der Waals surface area (Å²) in [5, 5.41) is 0. The summed E-state index contributed by atoms with van der Waals surface area (Å²) < 4.78 is 0. The Morgan fingerprint density at radius 1 is 1.00 bits per heavy atom. The minimum atomic E-state index is 0. The fourth-order valence-electron chi connectivity index (χ4n) is 0. The molecule has 0 fully saturated rings. The SMILES string of the molecule is O.[La].[Li].[Ta].[Zr]. The van der Waals surface area contributed by atoms with Gasteiger partial charge in [0.05, 0.1) is 0 Å². The van der Waals surface area contributed by atoms with Crippen molar-refractivity contribution in [3.05, 3.63) is 0 Å². The Morgan fingerprint density at radius 2 is 1.00 bits per heavy atom. The van der Waals surface area contributed by atoms with Crippen LogP contribution in [0.15, 0.2) is 0 Å². The summed E-state index contributed by atoms with van der Waals surface area (Å²) in [5.74, 6) is 0. The fourth-order valence-corrected chi connectivity index (χ4v) is 0. The van der Waals surface area contributed by atoms with E-state index in [4.69, 9.17) is 0 Å². The minimum Gasteiger partial charge on any atom is -0.412 e. The molecular formula is H2LaLiOTaZr. The van der Waals surface area contributed by atoms with Gasteiger partial charge in [0.25, 0.3) is 0 Å². The Kier molecular flexibility index (Phi) is 210. The van der Waals surface area contributed by atoms with E-state index in [0.717, 1.165) is 0 Å². The molecule has 0 aliphatic carbocycles. The maximum Gasteiger partial charge on any atom is 0 e. The number of rotatable bonds is 0. The topological polar surface area (TPSA) is 31.5 Å². The molecule has 0 aromatic carbocycles. The molecule has 5 heteroatoms. The molecule has 0 saturated heterocycles. The molecule has 5 heavy (non-hydrogen) atoms. The number of hydrogen-bond acceptors (Lipinski definition) is 0. The van der Waals surface area contributed by atoms with Gasteiger partial charge in [-0.2, -0.15) is 0 Å². The van der Waals surface area contributed by atoms with Crippen LogP contribution in [-0.2, 0) is 48.6 Å². The van der Waals surface area contributed by atoms with Crippen LogP contribution in [0.3, 0.4) is 0 Å². The molecule has 0 amide bonds. The van der Waals surface area contributed by atoms with Gasteiger partial charge in [-0.05, 0) is 0 Å². The summed E-state index contributed by atoms with van der Waals surface area (Å²) in [4.78, 5) is 0. The van der Waals surface area contributed by atoms with Gasteiger partial charge in [-0.3, -0.25) is 0 Å². The van der Waals surface area contributed by atoms with Crippen molar-refractivity contribution in [2.45, 2.75) is 0 Å². The third kappa shape index (κ3) is 18.7. The molecule has 0 aliphatic heterocycles. The van der Waals surface area contributed by atoms with E-state index in [1.807, 2.05) is 0 Å². The van der Waals surface area contributed by atoms with E-state index in [0.29, 0.717) is 0 Å². The molecule has 0 spiro atoms. The summed E-state index contributed by atoms with van der Waals surface area (Å²) in [6, 6.07) is 0. The first kappa shape index (κ1) is 40.0. The van der Waals surface area contributed by atoms with Gasteiger partial charge < -0.3 is 5.48 Å². The third-order valence-electron chi connectivity index (χ3n) is 0. The van der Waals surface area contributed by atoms with Crippen LogP contribution in [0.25, 0.3) is 0 Å². The van der Waals surface area contributed by atoms with Gasteiger partial charge in [0.2, 0.25) is 0 Å². The molecule has 0 aliphatic rings. The van der Waals surface area contributed by atoms with E-state index >= 15 is 0 Å². The van der Waals surface area contributed by atoms with Crippen molar-refractivity contribution in [1.82, 2.24) is 0 Å². The quantitative estimate of drug-likeness (QED) is 0.428. The maximum absolute atomic E-state index is 0. The average Bonchev–Trinajstić information content (AvgIpc) is 0. The van der Waals surface area contributed by atoms with Crippen molar-refractivity contribution in [1.29, 1.82) is 0 Å². The molecule has 0 rings (SSSR count). The van der Waals surface area contributed by atoms with Crippen molar-refractivity contribution in [2.24, 2.45) is 0 Å². The van der Waals surface area contributed by atoms with Crippen LogP contribution >= 0.6 is 0 Å². The zero-order valence-corrected chi connectivity index (χ0v) is 12.3. The van der Waals surface area contributed by atoms with E-state index in [1.165, 1.54) is 0 Å². The molecule has 0 atom stereocenters. The van der Waals surface area contributed by atoms with Crippen LogP contribution in [0.4, 0.5) is 0 Å². The van der Waals surface area contributed by atoms with Crippen molar-refractivity contribution in [2.75, 3.05) is 0 Å². The molecule has 0 bridgehead atoms.